The van der Waals surface area contributed by atoms with Crippen LogP contribution in [0.3, 0.4) is 0 Å². The number of fused-ring (bicyclic) bond motifs is 1. The van der Waals surface area contributed by atoms with Crippen LogP contribution in [0.1, 0.15) is 34.6 Å². The number of aryl methyl sites for hydroxylation is 1. The Morgan fingerprint density at radius 3 is 2.69 bits per heavy atom. The second kappa shape index (κ2) is 10.5. The molecule has 188 valence electrons. The van der Waals surface area contributed by atoms with Gasteiger partial charge in [-0.1, -0.05) is 17.7 Å². The van der Waals surface area contributed by atoms with Gasteiger partial charge in [0.1, 0.15) is 16.4 Å². The molecule has 0 spiro atoms. The predicted molar refractivity (Wildman–Crippen MR) is 142 cm³/mol. The summed E-state index contributed by atoms with van der Waals surface area (Å²) < 4.78 is 0. The zero-order valence-corrected chi connectivity index (χ0v) is 21.9. The molecular formula is C24H26ClN7O3S. The molecule has 0 aliphatic carbocycles. The number of carbonyl (C=O) groups is 3. The third-order valence-electron chi connectivity index (χ3n) is 5.78. The van der Waals surface area contributed by atoms with Crippen molar-refractivity contribution >= 4 is 69.5 Å². The molecule has 1 aromatic carbocycles. The van der Waals surface area contributed by atoms with E-state index >= 15 is 0 Å². The van der Waals surface area contributed by atoms with Gasteiger partial charge in [0.25, 0.3) is 5.91 Å². The molecule has 0 radical (unpaired) electrons. The number of carbonyl (C=O) groups excluding carboxylic acids is 3. The molecule has 1 aliphatic rings. The van der Waals surface area contributed by atoms with Crippen LogP contribution in [-0.2, 0) is 16.1 Å². The van der Waals surface area contributed by atoms with Gasteiger partial charge >= 0.3 is 0 Å². The lowest BCUT2D eigenvalue weighted by molar-refractivity contribution is -0.133. The molecule has 1 aliphatic heterocycles. The van der Waals surface area contributed by atoms with E-state index in [2.05, 4.69) is 25.9 Å². The van der Waals surface area contributed by atoms with E-state index in [1.54, 1.807) is 11.9 Å². The van der Waals surface area contributed by atoms with E-state index in [9.17, 15) is 14.4 Å². The summed E-state index contributed by atoms with van der Waals surface area (Å²) in [6.45, 7) is 6.11. The van der Waals surface area contributed by atoms with Crippen molar-refractivity contribution in [2.45, 2.75) is 27.3 Å². The lowest BCUT2D eigenvalue weighted by atomic mass is 10.1. The molecule has 0 saturated heterocycles. The van der Waals surface area contributed by atoms with Gasteiger partial charge in [-0.2, -0.15) is 4.98 Å². The highest BCUT2D eigenvalue weighted by Crippen LogP contribution is 2.34. The smallest absolute Gasteiger partial charge is 0.263 e. The highest BCUT2D eigenvalue weighted by molar-refractivity contribution is 7.12. The Bertz CT molecular complexity index is 1340. The summed E-state index contributed by atoms with van der Waals surface area (Å²) in [5.74, 6) is 0.130. The van der Waals surface area contributed by atoms with Crippen LogP contribution in [0, 0.1) is 6.92 Å². The minimum Gasteiger partial charge on any atom is -0.354 e. The first-order chi connectivity index (χ1) is 17.2. The molecule has 2 aromatic heterocycles. The maximum Gasteiger partial charge on any atom is 0.263 e. The van der Waals surface area contributed by atoms with E-state index in [1.807, 2.05) is 37.4 Å². The lowest BCUT2D eigenvalue weighted by Crippen LogP contribution is -2.39. The zero-order chi connectivity index (χ0) is 26.0. The fourth-order valence-corrected chi connectivity index (χ4v) is 4.97. The normalized spacial score (nSPS) is 13.2. The number of likely N-dealkylation sites (N-methyl/N-ethyl adjacent to an activating group) is 1. The summed E-state index contributed by atoms with van der Waals surface area (Å²) in [5, 5.41) is 11.1. The van der Waals surface area contributed by atoms with Gasteiger partial charge in [-0.25, -0.2) is 4.98 Å². The topological polar surface area (TPSA) is 120 Å². The van der Waals surface area contributed by atoms with Crippen molar-refractivity contribution in [2.75, 3.05) is 35.7 Å². The number of halogens is 1. The van der Waals surface area contributed by atoms with Crippen LogP contribution in [-0.4, -0.2) is 52.7 Å². The highest BCUT2D eigenvalue weighted by Gasteiger charge is 2.27. The Labute approximate surface area is 217 Å². The monoisotopic (exact) mass is 527 g/mol. The van der Waals surface area contributed by atoms with Crippen LogP contribution >= 0.6 is 22.9 Å². The first-order valence-electron chi connectivity index (χ1n) is 11.3. The van der Waals surface area contributed by atoms with Gasteiger partial charge < -0.3 is 25.8 Å². The van der Waals surface area contributed by atoms with Crippen molar-refractivity contribution in [1.82, 2.24) is 20.2 Å². The zero-order valence-electron chi connectivity index (χ0n) is 20.3. The first-order valence-corrected chi connectivity index (χ1v) is 12.5. The van der Waals surface area contributed by atoms with Gasteiger partial charge in [0.15, 0.2) is 5.82 Å². The molecule has 3 heterocycles. The second-order valence-corrected chi connectivity index (χ2v) is 9.49. The number of rotatable bonds is 6. The van der Waals surface area contributed by atoms with Gasteiger partial charge in [0, 0.05) is 32.7 Å². The minimum atomic E-state index is -0.206. The minimum absolute atomic E-state index is 0.0377. The third-order valence-corrected chi connectivity index (χ3v) is 7.15. The summed E-state index contributed by atoms with van der Waals surface area (Å²) in [5.41, 5.74) is 3.79. The molecule has 4 rings (SSSR count). The van der Waals surface area contributed by atoms with Crippen molar-refractivity contribution in [3.05, 3.63) is 50.8 Å². The Hall–Kier alpha value is -3.70. The van der Waals surface area contributed by atoms with E-state index in [0.717, 1.165) is 16.8 Å². The van der Waals surface area contributed by atoms with E-state index in [1.165, 1.54) is 29.4 Å². The summed E-state index contributed by atoms with van der Waals surface area (Å²) in [4.78, 5) is 49.5. The van der Waals surface area contributed by atoms with E-state index in [4.69, 9.17) is 11.6 Å². The van der Waals surface area contributed by atoms with Crippen molar-refractivity contribution in [3.8, 4) is 0 Å². The van der Waals surface area contributed by atoms with E-state index < -0.39 is 0 Å². The second-order valence-electron chi connectivity index (χ2n) is 8.20. The fourth-order valence-electron chi connectivity index (χ4n) is 3.88. The summed E-state index contributed by atoms with van der Waals surface area (Å²) >= 11 is 7.68. The number of amides is 3. The number of hydrogen-bond acceptors (Lipinski definition) is 8. The summed E-state index contributed by atoms with van der Waals surface area (Å²) in [7, 11) is 1.58. The molecule has 0 fully saturated rings. The number of benzene rings is 1. The SMILES string of the molecule is CCN1C(=O)CN(C(C)=O)Cc2ccc(Nc3ncc(Cl)c(Nc4c(C)csc4C(=O)NC)n3)cc21. The third kappa shape index (κ3) is 5.12. The molecule has 0 saturated carbocycles. The molecule has 0 bridgehead atoms. The number of anilines is 5. The van der Waals surface area contributed by atoms with E-state index in [-0.39, 0.29) is 30.2 Å². The quantitative estimate of drug-likeness (QED) is 0.442. The largest absolute Gasteiger partial charge is 0.354 e. The van der Waals surface area contributed by atoms with Crippen LogP contribution in [0.5, 0.6) is 0 Å². The van der Waals surface area contributed by atoms with Crippen molar-refractivity contribution in [1.29, 1.82) is 0 Å². The van der Waals surface area contributed by atoms with Crippen LogP contribution in [0.25, 0.3) is 0 Å². The Kier molecular flexibility index (Phi) is 7.41. The number of aromatic nitrogens is 2. The van der Waals surface area contributed by atoms with E-state index in [0.29, 0.717) is 40.2 Å². The molecule has 3 aromatic rings. The maximum atomic E-state index is 12.8. The number of nitrogens with one attached hydrogen (secondary N) is 3. The maximum absolute atomic E-state index is 12.8. The van der Waals surface area contributed by atoms with Crippen molar-refractivity contribution in [3.63, 3.8) is 0 Å². The fraction of sp³-hybridized carbons (Fsp3) is 0.292. The summed E-state index contributed by atoms with van der Waals surface area (Å²) in [6.07, 6.45) is 1.47. The summed E-state index contributed by atoms with van der Waals surface area (Å²) in [6, 6.07) is 5.57. The number of hydrogen-bond donors (Lipinski definition) is 3. The molecule has 0 unspecified atom stereocenters. The van der Waals surface area contributed by atoms with Crippen LogP contribution in [0.4, 0.5) is 28.8 Å². The molecular weight excluding hydrogens is 502 g/mol. The van der Waals surface area contributed by atoms with Gasteiger partial charge in [-0.3, -0.25) is 14.4 Å². The molecule has 12 heteroatoms. The molecule has 3 amide bonds. The first kappa shape index (κ1) is 25.4. The van der Waals surface area contributed by atoms with Crippen LogP contribution in [0.2, 0.25) is 5.02 Å². The van der Waals surface area contributed by atoms with Crippen LogP contribution in [0.15, 0.2) is 29.8 Å². The van der Waals surface area contributed by atoms with Crippen molar-refractivity contribution < 1.29 is 14.4 Å². The van der Waals surface area contributed by atoms with Gasteiger partial charge in [-0.05, 0) is 42.5 Å². The van der Waals surface area contributed by atoms with Crippen LogP contribution < -0.4 is 20.9 Å². The Balaban J connectivity index is 1.63. The number of nitrogens with zero attached hydrogens (tertiary/aromatic N) is 4. The molecule has 3 N–H and O–H groups in total. The predicted octanol–water partition coefficient (Wildman–Crippen LogP) is 4.06. The molecule has 0 atom stereocenters. The number of thiophene rings is 1. The Morgan fingerprint density at radius 1 is 1.22 bits per heavy atom. The average molecular weight is 528 g/mol. The lowest BCUT2D eigenvalue weighted by Gasteiger charge is -2.21. The van der Waals surface area contributed by atoms with Gasteiger partial charge in [0.05, 0.1) is 17.6 Å². The Morgan fingerprint density at radius 2 is 2.00 bits per heavy atom. The molecule has 36 heavy (non-hydrogen) atoms. The highest BCUT2D eigenvalue weighted by atomic mass is 35.5. The van der Waals surface area contributed by atoms with Gasteiger partial charge in [0.2, 0.25) is 17.8 Å². The molecule has 10 nitrogen and oxygen atoms in total. The average Bonchev–Trinajstić information content (AvgIpc) is 3.14. The standard InChI is InChI=1S/C24H26ClN7O3S/c1-5-32-18-8-16(7-6-15(18)10-31(14(3)33)11-19(32)34)28-24-27-9-17(25)22(30-24)29-20-13(2)12-36-21(20)23(35)26-4/h6-9,12H,5,10-11H2,1-4H3,(H,26,35)(H2,27,28,29,30). The van der Waals surface area contributed by atoms with Crippen molar-refractivity contribution in [2.24, 2.45) is 0 Å². The van der Waals surface area contributed by atoms with Gasteiger partial charge in [-0.15, -0.1) is 11.3 Å².